The highest BCUT2D eigenvalue weighted by Gasteiger charge is 2.78. The third-order valence-corrected chi connectivity index (χ3v) is 8.65. The number of aromatic hydroxyl groups is 1. The fourth-order valence-corrected chi connectivity index (χ4v) is 7.19. The van der Waals surface area contributed by atoms with Crippen LogP contribution in [0.5, 0.6) is 5.75 Å². The van der Waals surface area contributed by atoms with Crippen molar-refractivity contribution in [3.05, 3.63) is 53.1 Å². The van der Waals surface area contributed by atoms with E-state index in [9.17, 15) is 43.1 Å². The number of likely N-dealkylation sites (N-methyl/N-ethyl adjacent to an activating group) is 1. The van der Waals surface area contributed by atoms with Gasteiger partial charge in [-0.15, -0.1) is 0 Å². The lowest BCUT2D eigenvalue weighted by molar-refractivity contribution is -0.166. The van der Waals surface area contributed by atoms with Gasteiger partial charge in [-0.25, -0.2) is 8.78 Å². The van der Waals surface area contributed by atoms with E-state index < -0.39 is 87.2 Å². The van der Waals surface area contributed by atoms with Crippen molar-refractivity contribution in [3.8, 4) is 22.9 Å². The van der Waals surface area contributed by atoms with Gasteiger partial charge in [-0.05, 0) is 61.8 Å². The molecule has 13 heteroatoms. The molecule has 0 radical (unpaired) electrons. The minimum absolute atomic E-state index is 0.0167. The Balaban J connectivity index is 1.79. The third-order valence-electron chi connectivity index (χ3n) is 8.65. The Bertz CT molecular complexity index is 1630. The van der Waals surface area contributed by atoms with Crippen molar-refractivity contribution in [1.82, 2.24) is 4.90 Å². The van der Waals surface area contributed by atoms with E-state index in [1.165, 1.54) is 25.1 Å². The molecule has 3 aliphatic rings. The number of Topliss-reactive ketones (excluding diaryl/α,β-unsaturated/α-hetero) is 4. The molecule has 2 aromatic rings. The normalized spacial score (nSPS) is 32.7. The van der Waals surface area contributed by atoms with Gasteiger partial charge in [0, 0.05) is 11.6 Å². The number of hydrogen-bond acceptors (Lipinski definition) is 10. The van der Waals surface area contributed by atoms with Gasteiger partial charge >= 0.3 is 0 Å². The number of halogens is 2. The highest BCUT2D eigenvalue weighted by molar-refractivity contribution is 6.33. The van der Waals surface area contributed by atoms with Gasteiger partial charge < -0.3 is 22.3 Å². The number of ketones is 4. The Morgan fingerprint density at radius 3 is 2.22 bits per heavy atom. The van der Waals surface area contributed by atoms with E-state index >= 15 is 0 Å². The van der Waals surface area contributed by atoms with Crippen LogP contribution in [0.2, 0.25) is 0 Å². The van der Waals surface area contributed by atoms with E-state index in [4.69, 9.17) is 17.2 Å². The maximum Gasteiger partial charge on any atom is 0.235 e. The van der Waals surface area contributed by atoms with E-state index in [2.05, 4.69) is 0 Å². The molecule has 2 unspecified atom stereocenters. The molecule has 7 N–H and O–H groups in total. The van der Waals surface area contributed by atoms with Crippen molar-refractivity contribution in [3.63, 3.8) is 0 Å². The number of nitrogens with zero attached hydrogens (tertiary/aromatic N) is 2. The molecular formula is C28H25F2N5O6. The predicted molar refractivity (Wildman–Crippen MR) is 137 cm³/mol. The van der Waals surface area contributed by atoms with Crippen LogP contribution in [0.4, 0.5) is 8.78 Å². The van der Waals surface area contributed by atoms with Gasteiger partial charge in [-0.2, -0.15) is 5.26 Å². The minimum Gasteiger partial charge on any atom is -0.507 e. The van der Waals surface area contributed by atoms with Crippen LogP contribution in [0.3, 0.4) is 0 Å². The first kappa shape index (κ1) is 28.2. The summed E-state index contributed by atoms with van der Waals surface area (Å²) in [6, 6.07) is 5.18. The second-order valence-electron chi connectivity index (χ2n) is 11.3. The summed E-state index contributed by atoms with van der Waals surface area (Å²) in [5.41, 5.74) is 11.6. The maximum absolute atomic E-state index is 14.3. The molecule has 0 saturated heterocycles. The smallest absolute Gasteiger partial charge is 0.235 e. The largest absolute Gasteiger partial charge is 0.507 e. The van der Waals surface area contributed by atoms with Crippen molar-refractivity contribution in [1.29, 1.82) is 5.26 Å². The number of primary amides is 1. The molecule has 2 fully saturated rings. The molecule has 5 rings (SSSR count). The number of nitriles is 1. The minimum atomic E-state index is -2.87. The van der Waals surface area contributed by atoms with Gasteiger partial charge in [0.15, 0.2) is 34.5 Å². The van der Waals surface area contributed by atoms with Gasteiger partial charge in [0.25, 0.3) is 0 Å². The predicted octanol–water partition coefficient (Wildman–Crippen LogP) is -0.246. The molecule has 0 aromatic heterocycles. The lowest BCUT2D eigenvalue weighted by Gasteiger charge is -2.60. The van der Waals surface area contributed by atoms with Crippen LogP contribution >= 0.6 is 0 Å². The molecule has 2 aromatic carbocycles. The fourth-order valence-electron chi connectivity index (χ4n) is 7.19. The zero-order chi connectivity index (χ0) is 30.4. The molecule has 0 aliphatic heterocycles. The van der Waals surface area contributed by atoms with Gasteiger partial charge in [0.05, 0.1) is 23.2 Å². The van der Waals surface area contributed by atoms with Crippen molar-refractivity contribution in [2.75, 3.05) is 14.1 Å². The summed E-state index contributed by atoms with van der Waals surface area (Å²) >= 11 is 0. The Labute approximate surface area is 231 Å². The van der Waals surface area contributed by atoms with E-state index in [0.717, 1.165) is 18.2 Å². The zero-order valence-corrected chi connectivity index (χ0v) is 21.9. The SMILES string of the molecule is CN(C)[C@@H]1C(=O)C(C(N)=O)C(=O)[C@@]2(C#N)C(=O)C3C(=O)c4c(O)ccc(-c5cc(F)cc(F)c5)c4C[C@@]3(N)C[C@@]12N. The maximum atomic E-state index is 14.3. The number of phenols is 1. The summed E-state index contributed by atoms with van der Waals surface area (Å²) in [7, 11) is 2.78. The number of hydrogen-bond donors (Lipinski definition) is 4. The molecule has 212 valence electrons. The van der Waals surface area contributed by atoms with Crippen LogP contribution < -0.4 is 17.2 Å². The van der Waals surface area contributed by atoms with Gasteiger partial charge in [0.2, 0.25) is 5.91 Å². The molecule has 0 bridgehead atoms. The number of carbonyl (C=O) groups excluding carboxylic acids is 5. The van der Waals surface area contributed by atoms with Crippen molar-refractivity contribution in [2.24, 2.45) is 34.5 Å². The van der Waals surface area contributed by atoms with E-state index in [1.807, 2.05) is 0 Å². The fraction of sp³-hybridized carbons (Fsp3) is 0.357. The summed E-state index contributed by atoms with van der Waals surface area (Å²) in [6.45, 7) is 0. The lowest BCUT2D eigenvalue weighted by atomic mass is 9.42. The average molecular weight is 566 g/mol. The summed E-state index contributed by atoms with van der Waals surface area (Å²) in [5, 5.41) is 21.1. The van der Waals surface area contributed by atoms with Crippen molar-refractivity contribution < 1.29 is 37.9 Å². The molecule has 2 saturated carbocycles. The van der Waals surface area contributed by atoms with Gasteiger partial charge in [-0.3, -0.25) is 28.9 Å². The molecule has 0 spiro atoms. The van der Waals surface area contributed by atoms with Crippen molar-refractivity contribution >= 4 is 29.0 Å². The average Bonchev–Trinajstić information content (AvgIpc) is 2.82. The number of rotatable bonds is 3. The Morgan fingerprint density at radius 2 is 1.68 bits per heavy atom. The van der Waals surface area contributed by atoms with Gasteiger partial charge in [0.1, 0.15) is 23.3 Å². The summed E-state index contributed by atoms with van der Waals surface area (Å²) in [4.78, 5) is 69.0. The Hall–Kier alpha value is -4.38. The third kappa shape index (κ3) is 3.48. The number of phenolic OH excluding ortho intramolecular Hbond substituents is 1. The number of nitrogens with two attached hydrogens (primary N) is 3. The molecular weight excluding hydrogens is 540 g/mol. The number of benzene rings is 2. The molecule has 41 heavy (non-hydrogen) atoms. The first-order valence-corrected chi connectivity index (χ1v) is 12.5. The first-order chi connectivity index (χ1) is 19.1. The molecule has 3 aliphatic carbocycles. The first-order valence-electron chi connectivity index (χ1n) is 12.5. The summed E-state index contributed by atoms with van der Waals surface area (Å²) in [5.74, 6) is -12.7. The topological polar surface area (TPSA) is 211 Å². The number of carbonyl (C=O) groups is 5. The molecule has 11 nitrogen and oxygen atoms in total. The lowest BCUT2D eigenvalue weighted by Crippen LogP contribution is -2.85. The highest BCUT2D eigenvalue weighted by Crippen LogP contribution is 2.57. The number of fused-ring (bicyclic) bond motifs is 3. The second-order valence-corrected chi connectivity index (χ2v) is 11.3. The van der Waals surface area contributed by atoms with Crippen LogP contribution in [0.25, 0.3) is 11.1 Å². The van der Waals surface area contributed by atoms with E-state index in [1.54, 1.807) is 6.07 Å². The monoisotopic (exact) mass is 565 g/mol. The quantitative estimate of drug-likeness (QED) is 0.359. The number of amides is 1. The van der Waals surface area contributed by atoms with Crippen LogP contribution in [-0.4, -0.2) is 70.3 Å². The van der Waals surface area contributed by atoms with Gasteiger partial charge in [-0.1, -0.05) is 6.07 Å². The Morgan fingerprint density at radius 1 is 1.07 bits per heavy atom. The van der Waals surface area contributed by atoms with Crippen LogP contribution in [0.1, 0.15) is 22.3 Å². The molecule has 6 atom stereocenters. The zero-order valence-electron chi connectivity index (χ0n) is 21.9. The molecule has 0 heterocycles. The Kier molecular flexibility index (Phi) is 6.05. The van der Waals surface area contributed by atoms with E-state index in [0.29, 0.717) is 6.07 Å². The molecule has 1 amide bonds. The van der Waals surface area contributed by atoms with E-state index in [-0.39, 0.29) is 28.7 Å². The van der Waals surface area contributed by atoms with Crippen LogP contribution in [-0.2, 0) is 25.6 Å². The van der Waals surface area contributed by atoms with Crippen LogP contribution in [0.15, 0.2) is 30.3 Å². The standard InChI is InChI=1S/C28H25F2N5O6/c1-35(2)22-21(38)18(25(32)41)23(39)27(10-31)24(40)19-20(37)17-15(8-26(19,33)9-28(22,27)34)14(3-4-16(17)36)11-5-12(29)7-13(30)6-11/h3-7,18-19,22,36H,8-9,33-34H2,1-2H3,(H2,32,41)/t18?,19?,22-,26-,27+,28-/m1/s1. The highest BCUT2D eigenvalue weighted by atomic mass is 19.1. The van der Waals surface area contributed by atoms with Crippen molar-refractivity contribution in [2.45, 2.75) is 30.0 Å². The summed E-state index contributed by atoms with van der Waals surface area (Å²) in [6.07, 6.45) is -0.970. The second kappa shape index (κ2) is 8.81. The summed E-state index contributed by atoms with van der Waals surface area (Å²) < 4.78 is 28.2. The van der Waals surface area contributed by atoms with Crippen LogP contribution in [0, 0.1) is 40.2 Å².